The third kappa shape index (κ3) is 4.41. The van der Waals surface area contributed by atoms with Gasteiger partial charge in [0.2, 0.25) is 5.91 Å². The highest BCUT2D eigenvalue weighted by molar-refractivity contribution is 5.80. The lowest BCUT2D eigenvalue weighted by molar-refractivity contribution is -0.127. The average molecular weight is 405 g/mol. The van der Waals surface area contributed by atoms with Gasteiger partial charge in [0.25, 0.3) is 0 Å². The van der Waals surface area contributed by atoms with Crippen molar-refractivity contribution >= 4 is 16.9 Å². The molecule has 3 N–H and O–H groups in total. The van der Waals surface area contributed by atoms with Crippen LogP contribution in [0.15, 0.2) is 48.5 Å². The zero-order chi connectivity index (χ0) is 21.1. The molecule has 0 saturated heterocycles. The van der Waals surface area contributed by atoms with Crippen LogP contribution in [0.4, 0.5) is 0 Å². The van der Waals surface area contributed by atoms with Crippen LogP contribution in [-0.2, 0) is 18.3 Å². The van der Waals surface area contributed by atoms with Crippen molar-refractivity contribution in [3.05, 3.63) is 65.5 Å². The summed E-state index contributed by atoms with van der Waals surface area (Å²) in [7, 11) is 2.04. The van der Waals surface area contributed by atoms with Crippen molar-refractivity contribution in [3.8, 4) is 0 Å². The van der Waals surface area contributed by atoms with Crippen LogP contribution in [0, 0.1) is 18.8 Å². The maximum atomic E-state index is 13.2. The number of nitrogens with two attached hydrogens (primary N) is 1. The molecule has 1 aliphatic carbocycles. The largest absolute Gasteiger partial charge is 0.346 e. The number of amides is 1. The predicted molar refractivity (Wildman–Crippen MR) is 121 cm³/mol. The number of hydrogen-bond acceptors (Lipinski definition) is 3. The number of fused-ring (bicyclic) bond motifs is 1. The Morgan fingerprint density at radius 1 is 1.17 bits per heavy atom. The minimum atomic E-state index is -0.162. The number of carbonyl (C=O) groups is 1. The summed E-state index contributed by atoms with van der Waals surface area (Å²) in [6.07, 6.45) is 4.66. The Morgan fingerprint density at radius 2 is 1.90 bits per heavy atom. The molecule has 1 aliphatic rings. The van der Waals surface area contributed by atoms with Gasteiger partial charge < -0.3 is 15.6 Å². The lowest BCUT2D eigenvalue weighted by atomic mass is 9.81. The highest BCUT2D eigenvalue weighted by Crippen LogP contribution is 2.30. The van der Waals surface area contributed by atoms with E-state index in [1.165, 1.54) is 11.1 Å². The van der Waals surface area contributed by atoms with Gasteiger partial charge in [-0.25, -0.2) is 4.98 Å². The van der Waals surface area contributed by atoms with Gasteiger partial charge in [0.05, 0.1) is 17.1 Å². The van der Waals surface area contributed by atoms with Gasteiger partial charge in [-0.05, 0) is 74.8 Å². The van der Waals surface area contributed by atoms with E-state index in [4.69, 9.17) is 10.7 Å². The van der Waals surface area contributed by atoms with Crippen LogP contribution in [0.2, 0.25) is 0 Å². The van der Waals surface area contributed by atoms with Gasteiger partial charge in [-0.3, -0.25) is 4.79 Å². The molecule has 2 aromatic carbocycles. The molecule has 1 atom stereocenters. The summed E-state index contributed by atoms with van der Waals surface area (Å²) >= 11 is 0. The van der Waals surface area contributed by atoms with Gasteiger partial charge in [0.15, 0.2) is 0 Å². The molecular weight excluding hydrogens is 372 g/mol. The Morgan fingerprint density at radius 3 is 2.60 bits per heavy atom. The SMILES string of the molecule is Cc1ccc2nc([C@H](Cc3ccccc3)NC(=O)C3CCC(CN)CC3)n(C)c2c1. The molecule has 1 fully saturated rings. The first-order valence-corrected chi connectivity index (χ1v) is 11.0. The molecule has 1 amide bonds. The molecule has 5 heteroatoms. The summed E-state index contributed by atoms with van der Waals surface area (Å²) in [5, 5.41) is 3.35. The number of rotatable bonds is 6. The van der Waals surface area contributed by atoms with Crippen molar-refractivity contribution in [1.29, 1.82) is 0 Å². The van der Waals surface area contributed by atoms with E-state index in [2.05, 4.69) is 47.1 Å². The number of aromatic nitrogens is 2. The zero-order valence-electron chi connectivity index (χ0n) is 18.0. The van der Waals surface area contributed by atoms with Crippen LogP contribution >= 0.6 is 0 Å². The molecule has 0 spiro atoms. The first-order chi connectivity index (χ1) is 14.5. The van der Waals surface area contributed by atoms with Crippen molar-refractivity contribution in [2.45, 2.75) is 45.1 Å². The summed E-state index contributed by atoms with van der Waals surface area (Å²) in [6, 6.07) is 16.5. The number of benzene rings is 2. The smallest absolute Gasteiger partial charge is 0.223 e. The van der Waals surface area contributed by atoms with Crippen LogP contribution in [-0.4, -0.2) is 22.0 Å². The van der Waals surface area contributed by atoms with Crippen LogP contribution in [0.25, 0.3) is 11.0 Å². The third-order valence-electron chi connectivity index (χ3n) is 6.53. The maximum Gasteiger partial charge on any atom is 0.223 e. The molecule has 1 aromatic heterocycles. The highest BCUT2D eigenvalue weighted by Gasteiger charge is 2.29. The van der Waals surface area contributed by atoms with E-state index in [0.717, 1.165) is 55.5 Å². The molecule has 5 nitrogen and oxygen atoms in total. The van der Waals surface area contributed by atoms with E-state index < -0.39 is 0 Å². The number of hydrogen-bond donors (Lipinski definition) is 2. The van der Waals surface area contributed by atoms with Gasteiger partial charge in [-0.15, -0.1) is 0 Å². The zero-order valence-corrected chi connectivity index (χ0v) is 18.0. The second kappa shape index (κ2) is 9.00. The Balaban J connectivity index is 1.60. The molecule has 1 saturated carbocycles. The second-order valence-corrected chi connectivity index (χ2v) is 8.73. The fraction of sp³-hybridized carbons (Fsp3) is 0.440. The minimum Gasteiger partial charge on any atom is -0.346 e. The fourth-order valence-electron chi connectivity index (χ4n) is 4.64. The summed E-state index contributed by atoms with van der Waals surface area (Å²) < 4.78 is 2.13. The standard InChI is InChI=1S/C25H32N4O/c1-17-8-13-21-23(14-17)29(2)24(27-21)22(15-18-6-4-3-5-7-18)28-25(30)20-11-9-19(16-26)10-12-20/h3-8,13-14,19-20,22H,9-12,15-16,26H2,1-2H3,(H,28,30)/t19?,20?,22-/m0/s1. The van der Waals surface area contributed by atoms with Gasteiger partial charge >= 0.3 is 0 Å². The van der Waals surface area contributed by atoms with Crippen molar-refractivity contribution in [2.24, 2.45) is 24.6 Å². The van der Waals surface area contributed by atoms with E-state index in [1.807, 2.05) is 25.2 Å². The lowest BCUT2D eigenvalue weighted by Gasteiger charge is -2.28. The van der Waals surface area contributed by atoms with Crippen molar-refractivity contribution < 1.29 is 4.79 Å². The Labute approximate surface area is 178 Å². The normalized spacial score (nSPS) is 20.2. The first kappa shape index (κ1) is 20.6. The number of carbonyl (C=O) groups excluding carboxylic acids is 1. The van der Waals surface area contributed by atoms with Gasteiger partial charge in [0, 0.05) is 13.0 Å². The maximum absolute atomic E-state index is 13.2. The molecule has 158 valence electrons. The summed E-state index contributed by atoms with van der Waals surface area (Å²) in [5.74, 6) is 1.69. The lowest BCUT2D eigenvalue weighted by Crippen LogP contribution is -2.38. The van der Waals surface area contributed by atoms with Crippen molar-refractivity contribution in [3.63, 3.8) is 0 Å². The Kier molecular flexibility index (Phi) is 6.18. The summed E-state index contributed by atoms with van der Waals surface area (Å²) in [6.45, 7) is 2.82. The van der Waals surface area contributed by atoms with Crippen LogP contribution < -0.4 is 11.1 Å². The van der Waals surface area contributed by atoms with Crippen molar-refractivity contribution in [2.75, 3.05) is 6.54 Å². The predicted octanol–water partition coefficient (Wildman–Crippen LogP) is 4.05. The van der Waals surface area contributed by atoms with E-state index in [0.29, 0.717) is 5.92 Å². The Hall–Kier alpha value is -2.66. The monoisotopic (exact) mass is 404 g/mol. The minimum absolute atomic E-state index is 0.0722. The highest BCUT2D eigenvalue weighted by atomic mass is 16.1. The van der Waals surface area contributed by atoms with E-state index in [1.54, 1.807) is 0 Å². The summed E-state index contributed by atoms with van der Waals surface area (Å²) in [5.41, 5.74) is 10.3. The average Bonchev–Trinajstić information content (AvgIpc) is 3.10. The first-order valence-electron chi connectivity index (χ1n) is 11.0. The fourth-order valence-corrected chi connectivity index (χ4v) is 4.64. The van der Waals surface area contributed by atoms with Crippen LogP contribution in [0.1, 0.15) is 48.7 Å². The molecule has 1 heterocycles. The van der Waals surface area contributed by atoms with E-state index >= 15 is 0 Å². The molecular formula is C25H32N4O. The van der Waals surface area contributed by atoms with E-state index in [9.17, 15) is 4.79 Å². The summed E-state index contributed by atoms with van der Waals surface area (Å²) in [4.78, 5) is 18.1. The quantitative estimate of drug-likeness (QED) is 0.651. The number of imidazole rings is 1. The van der Waals surface area contributed by atoms with E-state index in [-0.39, 0.29) is 17.9 Å². The topological polar surface area (TPSA) is 72.9 Å². The molecule has 0 aliphatic heterocycles. The molecule has 0 bridgehead atoms. The third-order valence-corrected chi connectivity index (χ3v) is 6.53. The second-order valence-electron chi connectivity index (χ2n) is 8.73. The van der Waals surface area contributed by atoms with Gasteiger partial charge in [-0.2, -0.15) is 0 Å². The van der Waals surface area contributed by atoms with Crippen LogP contribution in [0.3, 0.4) is 0 Å². The molecule has 30 heavy (non-hydrogen) atoms. The molecule has 4 rings (SSSR count). The van der Waals surface area contributed by atoms with Gasteiger partial charge in [0.1, 0.15) is 5.82 Å². The molecule has 0 radical (unpaired) electrons. The Bertz CT molecular complexity index is 1000. The molecule has 0 unspecified atom stereocenters. The number of nitrogens with one attached hydrogen (secondary N) is 1. The van der Waals surface area contributed by atoms with Crippen LogP contribution in [0.5, 0.6) is 0 Å². The number of aryl methyl sites for hydroxylation is 2. The molecule has 3 aromatic rings. The number of nitrogens with zero attached hydrogens (tertiary/aromatic N) is 2. The van der Waals surface area contributed by atoms with Crippen molar-refractivity contribution in [1.82, 2.24) is 14.9 Å². The van der Waals surface area contributed by atoms with Gasteiger partial charge in [-0.1, -0.05) is 36.4 Å².